The lowest BCUT2D eigenvalue weighted by atomic mass is 10.0. The van der Waals surface area contributed by atoms with Gasteiger partial charge in [0.05, 0.1) is 11.3 Å². The van der Waals surface area contributed by atoms with Crippen molar-refractivity contribution in [2.75, 3.05) is 0 Å². The number of aromatic nitrogens is 1. The average Bonchev–Trinajstić information content (AvgIpc) is 2.32. The summed E-state index contributed by atoms with van der Waals surface area (Å²) < 4.78 is 37.9. The maximum Gasteiger partial charge on any atom is 0.416 e. The Morgan fingerprint density at radius 3 is 2.44 bits per heavy atom. The Labute approximate surface area is 103 Å². The van der Waals surface area contributed by atoms with Crippen molar-refractivity contribution in [2.45, 2.75) is 20.0 Å². The van der Waals surface area contributed by atoms with Gasteiger partial charge < -0.3 is 0 Å². The predicted octanol–water partition coefficient (Wildman–Crippen LogP) is 4.38. The molecule has 0 aliphatic carbocycles. The van der Waals surface area contributed by atoms with Crippen LogP contribution < -0.4 is 0 Å². The highest BCUT2D eigenvalue weighted by molar-refractivity contribution is 5.64. The number of rotatable bonds is 1. The number of hydrogen-bond acceptors (Lipinski definition) is 1. The van der Waals surface area contributed by atoms with Gasteiger partial charge in [0.25, 0.3) is 0 Å². The molecule has 1 nitrogen and oxygen atoms in total. The van der Waals surface area contributed by atoms with E-state index in [2.05, 4.69) is 4.98 Å². The van der Waals surface area contributed by atoms with Crippen molar-refractivity contribution in [3.05, 3.63) is 53.2 Å². The second kappa shape index (κ2) is 4.44. The molecule has 1 aromatic carbocycles. The Kier molecular flexibility index (Phi) is 3.11. The van der Waals surface area contributed by atoms with Crippen LogP contribution in [0.2, 0.25) is 0 Å². The van der Waals surface area contributed by atoms with Crippen LogP contribution >= 0.6 is 0 Å². The predicted molar refractivity (Wildman–Crippen MR) is 64.1 cm³/mol. The van der Waals surface area contributed by atoms with E-state index in [1.807, 2.05) is 19.9 Å². The molecule has 0 aliphatic heterocycles. The summed E-state index contributed by atoms with van der Waals surface area (Å²) in [5.41, 5.74) is 2.35. The zero-order valence-electron chi connectivity index (χ0n) is 10.0. The molecule has 2 rings (SSSR count). The fourth-order valence-corrected chi connectivity index (χ4v) is 1.77. The normalized spacial score (nSPS) is 11.6. The van der Waals surface area contributed by atoms with Gasteiger partial charge in [-0.2, -0.15) is 13.2 Å². The third-order valence-corrected chi connectivity index (χ3v) is 2.94. The summed E-state index contributed by atoms with van der Waals surface area (Å²) in [6, 6.07) is 7.08. The fraction of sp³-hybridized carbons (Fsp3) is 0.214. The second-order valence-electron chi connectivity index (χ2n) is 4.18. The van der Waals surface area contributed by atoms with Crippen LogP contribution in [0.3, 0.4) is 0 Å². The Hall–Kier alpha value is -1.84. The first-order valence-corrected chi connectivity index (χ1v) is 5.49. The first-order chi connectivity index (χ1) is 8.39. The Morgan fingerprint density at radius 1 is 1.06 bits per heavy atom. The summed E-state index contributed by atoms with van der Waals surface area (Å²) >= 11 is 0. The van der Waals surface area contributed by atoms with E-state index in [0.29, 0.717) is 11.3 Å². The van der Waals surface area contributed by atoms with E-state index in [0.717, 1.165) is 23.3 Å². The molecule has 0 spiro atoms. The molecule has 0 fully saturated rings. The topological polar surface area (TPSA) is 12.9 Å². The van der Waals surface area contributed by atoms with Crippen molar-refractivity contribution in [2.24, 2.45) is 0 Å². The highest BCUT2D eigenvalue weighted by atomic mass is 19.4. The van der Waals surface area contributed by atoms with Crippen molar-refractivity contribution < 1.29 is 13.2 Å². The van der Waals surface area contributed by atoms with E-state index < -0.39 is 11.7 Å². The molecule has 0 saturated heterocycles. The molecular formula is C14H12F3N. The Morgan fingerprint density at radius 2 is 1.78 bits per heavy atom. The Balaban J connectivity index is 2.55. The average molecular weight is 251 g/mol. The van der Waals surface area contributed by atoms with Gasteiger partial charge >= 0.3 is 6.18 Å². The third-order valence-electron chi connectivity index (χ3n) is 2.94. The van der Waals surface area contributed by atoms with Gasteiger partial charge in [0, 0.05) is 11.8 Å². The van der Waals surface area contributed by atoms with Gasteiger partial charge in [-0.3, -0.25) is 4.98 Å². The van der Waals surface area contributed by atoms with Crippen LogP contribution in [0.4, 0.5) is 13.2 Å². The van der Waals surface area contributed by atoms with Crippen molar-refractivity contribution in [3.63, 3.8) is 0 Å². The first kappa shape index (κ1) is 12.6. The molecule has 0 unspecified atom stereocenters. The molecule has 0 amide bonds. The molecule has 2 aromatic rings. The first-order valence-electron chi connectivity index (χ1n) is 5.49. The minimum Gasteiger partial charge on any atom is -0.256 e. The zero-order valence-corrected chi connectivity index (χ0v) is 10.0. The maximum absolute atomic E-state index is 12.6. The van der Waals surface area contributed by atoms with Gasteiger partial charge in [-0.25, -0.2) is 0 Å². The lowest BCUT2D eigenvalue weighted by Gasteiger charge is -2.11. The van der Waals surface area contributed by atoms with Gasteiger partial charge in [-0.1, -0.05) is 12.1 Å². The van der Waals surface area contributed by atoms with Crippen molar-refractivity contribution >= 4 is 0 Å². The molecule has 0 bridgehead atoms. The monoisotopic (exact) mass is 251 g/mol. The molecule has 18 heavy (non-hydrogen) atoms. The number of aryl methyl sites for hydroxylation is 1. The van der Waals surface area contributed by atoms with Gasteiger partial charge in [0.15, 0.2) is 0 Å². The van der Waals surface area contributed by atoms with E-state index in [9.17, 15) is 13.2 Å². The van der Waals surface area contributed by atoms with Crippen molar-refractivity contribution in [3.8, 4) is 11.3 Å². The minimum absolute atomic E-state index is 0.492. The van der Waals surface area contributed by atoms with Crippen LogP contribution in [-0.4, -0.2) is 4.98 Å². The molecule has 1 heterocycles. The van der Waals surface area contributed by atoms with Crippen LogP contribution in [-0.2, 0) is 6.18 Å². The molecular weight excluding hydrogens is 239 g/mol. The zero-order chi connectivity index (χ0) is 13.3. The van der Waals surface area contributed by atoms with Crippen LogP contribution in [0, 0.1) is 13.8 Å². The van der Waals surface area contributed by atoms with Gasteiger partial charge in [-0.15, -0.1) is 0 Å². The summed E-state index contributed by atoms with van der Waals surface area (Å²) in [6.07, 6.45) is -2.72. The summed E-state index contributed by atoms with van der Waals surface area (Å²) in [4.78, 5) is 4.17. The summed E-state index contributed by atoms with van der Waals surface area (Å²) in [6.45, 7) is 3.77. The highest BCUT2D eigenvalue weighted by Gasteiger charge is 2.30. The lowest BCUT2D eigenvalue weighted by Crippen LogP contribution is -2.04. The standard InChI is InChI=1S/C14H12F3N/c1-9-6-7-18-13(10(9)2)11-4-3-5-12(8-11)14(15,16)17/h3-8H,1-2H3. The van der Waals surface area contributed by atoms with Gasteiger partial charge in [-0.05, 0) is 43.2 Å². The van der Waals surface area contributed by atoms with Crippen molar-refractivity contribution in [1.29, 1.82) is 0 Å². The lowest BCUT2D eigenvalue weighted by molar-refractivity contribution is -0.137. The largest absolute Gasteiger partial charge is 0.416 e. The number of alkyl halides is 3. The number of pyridine rings is 1. The van der Waals surface area contributed by atoms with Crippen LogP contribution in [0.25, 0.3) is 11.3 Å². The molecule has 94 valence electrons. The van der Waals surface area contributed by atoms with Crippen LogP contribution in [0.5, 0.6) is 0 Å². The number of benzene rings is 1. The molecule has 0 saturated carbocycles. The second-order valence-corrected chi connectivity index (χ2v) is 4.18. The number of halogens is 3. The smallest absolute Gasteiger partial charge is 0.256 e. The Bertz CT molecular complexity index is 573. The summed E-state index contributed by atoms with van der Waals surface area (Å²) in [5.74, 6) is 0. The van der Waals surface area contributed by atoms with E-state index in [-0.39, 0.29) is 0 Å². The van der Waals surface area contributed by atoms with E-state index in [4.69, 9.17) is 0 Å². The van der Waals surface area contributed by atoms with Gasteiger partial charge in [0.2, 0.25) is 0 Å². The van der Waals surface area contributed by atoms with Crippen LogP contribution in [0.1, 0.15) is 16.7 Å². The minimum atomic E-state index is -4.33. The molecule has 0 N–H and O–H groups in total. The van der Waals surface area contributed by atoms with E-state index >= 15 is 0 Å². The van der Waals surface area contributed by atoms with Crippen molar-refractivity contribution in [1.82, 2.24) is 4.98 Å². The number of nitrogens with zero attached hydrogens (tertiary/aromatic N) is 1. The molecule has 0 radical (unpaired) electrons. The maximum atomic E-state index is 12.6. The number of hydrogen-bond donors (Lipinski definition) is 0. The van der Waals surface area contributed by atoms with Gasteiger partial charge in [0.1, 0.15) is 0 Å². The quantitative estimate of drug-likeness (QED) is 0.732. The third kappa shape index (κ3) is 2.37. The summed E-state index contributed by atoms with van der Waals surface area (Å²) in [7, 11) is 0. The highest BCUT2D eigenvalue weighted by Crippen LogP contribution is 2.32. The summed E-state index contributed by atoms with van der Waals surface area (Å²) in [5, 5.41) is 0. The van der Waals surface area contributed by atoms with E-state index in [1.165, 1.54) is 6.07 Å². The molecule has 0 aliphatic rings. The fourth-order valence-electron chi connectivity index (χ4n) is 1.77. The SMILES string of the molecule is Cc1ccnc(-c2cccc(C(F)(F)F)c2)c1C. The molecule has 1 aromatic heterocycles. The van der Waals surface area contributed by atoms with E-state index in [1.54, 1.807) is 12.3 Å². The molecule has 4 heteroatoms. The van der Waals surface area contributed by atoms with Crippen LogP contribution in [0.15, 0.2) is 36.5 Å². The molecule has 0 atom stereocenters.